The van der Waals surface area contributed by atoms with Gasteiger partial charge in [0.25, 0.3) is 0 Å². The summed E-state index contributed by atoms with van der Waals surface area (Å²) >= 11 is 0. The Kier molecular flexibility index (Phi) is 4.20. The van der Waals surface area contributed by atoms with Crippen LogP contribution in [0.15, 0.2) is 36.4 Å². The van der Waals surface area contributed by atoms with Crippen LogP contribution in [0.1, 0.15) is 17.2 Å². The third-order valence-electron chi connectivity index (χ3n) is 3.08. The molecule has 2 aromatic rings. The van der Waals surface area contributed by atoms with Crippen molar-refractivity contribution in [3.63, 3.8) is 0 Å². The van der Waals surface area contributed by atoms with E-state index in [1.807, 2.05) is 0 Å². The minimum absolute atomic E-state index is 0.121. The molecule has 1 atom stereocenters. The lowest BCUT2D eigenvalue weighted by atomic mass is 9.98. The molecule has 20 heavy (non-hydrogen) atoms. The van der Waals surface area contributed by atoms with E-state index < -0.39 is 17.7 Å². The summed E-state index contributed by atoms with van der Waals surface area (Å²) in [6.07, 6.45) is 0. The number of hydrogen-bond acceptors (Lipinski definition) is 3. The van der Waals surface area contributed by atoms with Gasteiger partial charge in [-0.1, -0.05) is 12.1 Å². The number of rotatable bonds is 4. The van der Waals surface area contributed by atoms with Crippen molar-refractivity contribution in [1.82, 2.24) is 0 Å². The van der Waals surface area contributed by atoms with Crippen molar-refractivity contribution in [2.75, 3.05) is 14.2 Å². The molecule has 106 valence electrons. The first-order valence-electron chi connectivity index (χ1n) is 5.99. The van der Waals surface area contributed by atoms with Gasteiger partial charge in [0.05, 0.1) is 20.3 Å². The van der Waals surface area contributed by atoms with Crippen molar-refractivity contribution in [2.45, 2.75) is 6.04 Å². The summed E-state index contributed by atoms with van der Waals surface area (Å²) < 4.78 is 37.4. The van der Waals surface area contributed by atoms with Crippen LogP contribution >= 0.6 is 0 Å². The van der Waals surface area contributed by atoms with E-state index in [4.69, 9.17) is 15.2 Å². The summed E-state index contributed by atoms with van der Waals surface area (Å²) in [6, 6.07) is 7.94. The van der Waals surface area contributed by atoms with Gasteiger partial charge in [0.15, 0.2) is 11.6 Å². The maximum atomic E-state index is 13.9. The van der Waals surface area contributed by atoms with Gasteiger partial charge in [-0.2, -0.15) is 0 Å². The van der Waals surface area contributed by atoms with Gasteiger partial charge in [-0.25, -0.2) is 8.78 Å². The van der Waals surface area contributed by atoms with Gasteiger partial charge in [0, 0.05) is 11.6 Å². The van der Waals surface area contributed by atoms with E-state index in [0.717, 1.165) is 0 Å². The second kappa shape index (κ2) is 5.88. The van der Waals surface area contributed by atoms with Crippen LogP contribution in [0.25, 0.3) is 0 Å². The lowest BCUT2D eigenvalue weighted by Crippen LogP contribution is -2.14. The Bertz CT molecular complexity index is 617. The zero-order valence-corrected chi connectivity index (χ0v) is 11.2. The van der Waals surface area contributed by atoms with Crippen LogP contribution in [-0.4, -0.2) is 14.2 Å². The topological polar surface area (TPSA) is 44.5 Å². The van der Waals surface area contributed by atoms with Crippen LogP contribution in [0.4, 0.5) is 8.78 Å². The Morgan fingerprint density at radius 3 is 2.25 bits per heavy atom. The average Bonchev–Trinajstić information content (AvgIpc) is 2.46. The Labute approximate surface area is 115 Å². The van der Waals surface area contributed by atoms with Crippen LogP contribution in [0.5, 0.6) is 11.5 Å². The quantitative estimate of drug-likeness (QED) is 0.935. The molecule has 2 N–H and O–H groups in total. The molecule has 0 radical (unpaired) electrons. The molecule has 2 rings (SSSR count). The number of benzene rings is 2. The van der Waals surface area contributed by atoms with Gasteiger partial charge in [-0.05, 0) is 23.8 Å². The SMILES string of the molecule is COc1ccc(C(N)c2ccc(OC)c(F)c2)c(F)c1. The molecule has 5 heteroatoms. The molecule has 0 aliphatic rings. The molecule has 0 saturated carbocycles. The first-order valence-corrected chi connectivity index (χ1v) is 5.99. The second-order valence-electron chi connectivity index (χ2n) is 4.26. The van der Waals surface area contributed by atoms with Gasteiger partial charge in [0.2, 0.25) is 0 Å². The number of ether oxygens (including phenoxy) is 2. The van der Waals surface area contributed by atoms with Crippen molar-refractivity contribution in [1.29, 1.82) is 0 Å². The Morgan fingerprint density at radius 2 is 1.70 bits per heavy atom. The predicted molar refractivity (Wildman–Crippen MR) is 71.9 cm³/mol. The van der Waals surface area contributed by atoms with Crippen molar-refractivity contribution in [3.05, 3.63) is 59.2 Å². The maximum Gasteiger partial charge on any atom is 0.165 e. The van der Waals surface area contributed by atoms with Crippen LogP contribution in [0.3, 0.4) is 0 Å². The van der Waals surface area contributed by atoms with Crippen LogP contribution < -0.4 is 15.2 Å². The fourth-order valence-electron chi connectivity index (χ4n) is 1.94. The third kappa shape index (κ3) is 2.72. The summed E-state index contributed by atoms with van der Waals surface area (Å²) in [7, 11) is 2.83. The number of methoxy groups -OCH3 is 2. The highest BCUT2D eigenvalue weighted by molar-refractivity contribution is 5.38. The number of halogens is 2. The highest BCUT2D eigenvalue weighted by Gasteiger charge is 2.16. The highest BCUT2D eigenvalue weighted by atomic mass is 19.1. The molecule has 0 spiro atoms. The third-order valence-corrected chi connectivity index (χ3v) is 3.08. The van der Waals surface area contributed by atoms with E-state index in [2.05, 4.69) is 0 Å². The van der Waals surface area contributed by atoms with E-state index in [9.17, 15) is 8.78 Å². The number of nitrogens with two attached hydrogens (primary N) is 1. The van der Waals surface area contributed by atoms with Gasteiger partial charge in [-0.3, -0.25) is 0 Å². The van der Waals surface area contributed by atoms with Crippen molar-refractivity contribution in [3.8, 4) is 11.5 Å². The fraction of sp³-hybridized carbons (Fsp3) is 0.200. The first-order chi connectivity index (χ1) is 9.56. The van der Waals surface area contributed by atoms with Crippen LogP contribution in [0, 0.1) is 11.6 Å². The zero-order valence-electron chi connectivity index (χ0n) is 11.2. The first kappa shape index (κ1) is 14.3. The lowest BCUT2D eigenvalue weighted by molar-refractivity contribution is 0.386. The number of hydrogen-bond donors (Lipinski definition) is 1. The fourth-order valence-corrected chi connectivity index (χ4v) is 1.94. The molecular formula is C15H15F2NO2. The molecule has 0 fully saturated rings. The maximum absolute atomic E-state index is 13.9. The molecular weight excluding hydrogens is 264 g/mol. The van der Waals surface area contributed by atoms with Crippen LogP contribution in [0.2, 0.25) is 0 Å². The molecule has 0 bridgehead atoms. The van der Waals surface area contributed by atoms with E-state index in [0.29, 0.717) is 11.3 Å². The predicted octanol–water partition coefficient (Wildman–Crippen LogP) is 3.03. The summed E-state index contributed by atoms with van der Waals surface area (Å²) in [4.78, 5) is 0. The van der Waals surface area contributed by atoms with Crippen molar-refractivity contribution < 1.29 is 18.3 Å². The molecule has 0 heterocycles. The molecule has 1 unspecified atom stereocenters. The minimum Gasteiger partial charge on any atom is -0.497 e. The van der Waals surface area contributed by atoms with E-state index in [1.165, 1.54) is 38.5 Å². The van der Waals surface area contributed by atoms with E-state index in [1.54, 1.807) is 12.1 Å². The second-order valence-corrected chi connectivity index (χ2v) is 4.26. The summed E-state index contributed by atoms with van der Waals surface area (Å²) in [5.74, 6) is -0.502. The molecule has 0 saturated heterocycles. The molecule has 3 nitrogen and oxygen atoms in total. The average molecular weight is 279 g/mol. The van der Waals surface area contributed by atoms with E-state index in [-0.39, 0.29) is 11.3 Å². The van der Waals surface area contributed by atoms with E-state index >= 15 is 0 Å². The summed E-state index contributed by atoms with van der Waals surface area (Å²) in [5, 5.41) is 0. The lowest BCUT2D eigenvalue weighted by Gasteiger charge is -2.15. The highest BCUT2D eigenvalue weighted by Crippen LogP contribution is 2.27. The normalized spacial score (nSPS) is 12.1. The van der Waals surface area contributed by atoms with Crippen LogP contribution in [-0.2, 0) is 0 Å². The molecule has 0 aliphatic heterocycles. The van der Waals surface area contributed by atoms with Gasteiger partial charge < -0.3 is 15.2 Å². The van der Waals surface area contributed by atoms with Crippen molar-refractivity contribution >= 4 is 0 Å². The van der Waals surface area contributed by atoms with Gasteiger partial charge >= 0.3 is 0 Å². The summed E-state index contributed by atoms with van der Waals surface area (Å²) in [6.45, 7) is 0. The smallest absolute Gasteiger partial charge is 0.165 e. The Hall–Kier alpha value is -2.14. The monoisotopic (exact) mass is 279 g/mol. The Morgan fingerprint density at radius 1 is 0.950 bits per heavy atom. The zero-order chi connectivity index (χ0) is 14.7. The minimum atomic E-state index is -0.763. The molecule has 0 aliphatic carbocycles. The van der Waals surface area contributed by atoms with Gasteiger partial charge in [0.1, 0.15) is 11.6 Å². The summed E-state index contributed by atoms with van der Waals surface area (Å²) in [5.41, 5.74) is 6.72. The molecule has 0 aromatic heterocycles. The molecule has 0 amide bonds. The van der Waals surface area contributed by atoms with Crippen molar-refractivity contribution in [2.24, 2.45) is 5.73 Å². The Balaban J connectivity index is 2.35. The molecule has 2 aromatic carbocycles. The van der Waals surface area contributed by atoms with Gasteiger partial charge in [-0.15, -0.1) is 0 Å². The standard InChI is InChI=1S/C15H15F2NO2/c1-19-10-4-5-11(12(16)8-10)15(18)9-3-6-14(20-2)13(17)7-9/h3-8,15H,18H2,1-2H3. The largest absolute Gasteiger partial charge is 0.497 e.